The second-order valence-electron chi connectivity index (χ2n) is 4.68. The molecule has 0 aromatic rings. The normalized spacial score (nSPS) is 18.2. The minimum atomic E-state index is -2.13. The standard InChI is InChI=1S/C16H32O2/c1-2-3-4-5-6-7-8-9-10-11-12-13-14-15-16(17)18/h2-15H2,1H3,(H,17,18)/i6D,7D2,8D2/t6-/m1/s1. The highest BCUT2D eigenvalue weighted by atomic mass is 16.4. The van der Waals surface area contributed by atoms with E-state index in [1.165, 1.54) is 0 Å². The van der Waals surface area contributed by atoms with Gasteiger partial charge in [-0.3, -0.25) is 4.79 Å². The van der Waals surface area contributed by atoms with Crippen molar-refractivity contribution < 1.29 is 16.8 Å². The summed E-state index contributed by atoms with van der Waals surface area (Å²) in [6.07, 6.45) is 1.87. The Morgan fingerprint density at radius 1 is 0.889 bits per heavy atom. The zero-order valence-corrected chi connectivity index (χ0v) is 11.7. The van der Waals surface area contributed by atoms with E-state index in [4.69, 9.17) is 12.0 Å². The minimum Gasteiger partial charge on any atom is -0.481 e. The maximum atomic E-state index is 10.4. The van der Waals surface area contributed by atoms with Crippen LogP contribution in [0.1, 0.15) is 104 Å². The fraction of sp³-hybridized carbons (Fsp3) is 0.938. The van der Waals surface area contributed by atoms with Crippen LogP contribution in [0.25, 0.3) is 0 Å². The highest BCUT2D eigenvalue weighted by Crippen LogP contribution is 2.12. The second-order valence-corrected chi connectivity index (χ2v) is 4.68. The number of carboxylic acid groups (broad SMARTS) is 1. The van der Waals surface area contributed by atoms with Crippen LogP contribution in [0.4, 0.5) is 0 Å². The van der Waals surface area contributed by atoms with Gasteiger partial charge in [0.1, 0.15) is 0 Å². The molecular weight excluding hydrogens is 224 g/mol. The Bertz CT molecular complexity index is 334. The van der Waals surface area contributed by atoms with Gasteiger partial charge < -0.3 is 5.11 Å². The van der Waals surface area contributed by atoms with Crippen LogP contribution in [0, 0.1) is 0 Å². The number of aliphatic carboxylic acids is 1. The molecule has 0 saturated heterocycles. The lowest BCUT2D eigenvalue weighted by molar-refractivity contribution is -0.137. The average molecular weight is 261 g/mol. The summed E-state index contributed by atoms with van der Waals surface area (Å²) >= 11 is 0. The summed E-state index contributed by atoms with van der Waals surface area (Å²) in [7, 11) is 0. The van der Waals surface area contributed by atoms with Gasteiger partial charge in [-0.25, -0.2) is 0 Å². The van der Waals surface area contributed by atoms with Gasteiger partial charge in [-0.1, -0.05) is 83.9 Å². The van der Waals surface area contributed by atoms with E-state index in [1.807, 2.05) is 6.92 Å². The van der Waals surface area contributed by atoms with Crippen LogP contribution in [0.5, 0.6) is 0 Å². The number of carboxylic acids is 1. The van der Waals surface area contributed by atoms with E-state index in [1.54, 1.807) is 0 Å². The molecular formula is C16H32O2. The van der Waals surface area contributed by atoms with Gasteiger partial charge in [0.15, 0.2) is 0 Å². The lowest BCUT2D eigenvalue weighted by atomic mass is 10.0. The summed E-state index contributed by atoms with van der Waals surface area (Å²) in [5, 5.41) is 8.53. The van der Waals surface area contributed by atoms with Crippen LogP contribution >= 0.6 is 0 Å². The van der Waals surface area contributed by atoms with Gasteiger partial charge in [0.2, 0.25) is 0 Å². The molecule has 0 rings (SSSR count). The van der Waals surface area contributed by atoms with Crippen LogP contribution in [0.2, 0.25) is 0 Å². The van der Waals surface area contributed by atoms with E-state index in [0.717, 1.165) is 38.5 Å². The lowest BCUT2D eigenvalue weighted by Crippen LogP contribution is -1.93. The van der Waals surface area contributed by atoms with Crippen molar-refractivity contribution in [2.75, 3.05) is 0 Å². The molecule has 0 saturated carbocycles. The first-order valence-electron chi connectivity index (χ1n) is 9.87. The molecule has 0 unspecified atom stereocenters. The fourth-order valence-electron chi connectivity index (χ4n) is 1.73. The highest BCUT2D eigenvalue weighted by molar-refractivity contribution is 5.66. The second kappa shape index (κ2) is 14.5. The molecule has 0 aliphatic heterocycles. The molecule has 108 valence electrons. The maximum absolute atomic E-state index is 10.4. The van der Waals surface area contributed by atoms with E-state index in [-0.39, 0.29) is 12.8 Å². The third-order valence-electron chi connectivity index (χ3n) is 2.85. The van der Waals surface area contributed by atoms with Crippen molar-refractivity contribution in [1.82, 2.24) is 0 Å². The third-order valence-corrected chi connectivity index (χ3v) is 2.85. The van der Waals surface area contributed by atoms with Crippen molar-refractivity contribution >= 4 is 5.97 Å². The number of hydrogen-bond donors (Lipinski definition) is 1. The van der Waals surface area contributed by atoms with Crippen molar-refractivity contribution in [1.29, 1.82) is 0 Å². The molecule has 0 amide bonds. The monoisotopic (exact) mass is 261 g/mol. The SMILES string of the molecule is [2H][C@H](CCCCC)C([2H])([2H])C([2H])([2H])CCCCCCCC(=O)O. The van der Waals surface area contributed by atoms with Crippen LogP contribution in [-0.4, -0.2) is 11.1 Å². The Labute approximate surface area is 120 Å². The first-order valence-corrected chi connectivity index (χ1v) is 7.29. The average Bonchev–Trinajstić information content (AvgIpc) is 2.45. The van der Waals surface area contributed by atoms with Gasteiger partial charge in [-0.15, -0.1) is 0 Å². The molecule has 2 nitrogen and oxygen atoms in total. The first kappa shape index (κ1) is 10.3. The zero-order chi connectivity index (χ0) is 17.9. The van der Waals surface area contributed by atoms with Gasteiger partial charge in [-0.2, -0.15) is 0 Å². The van der Waals surface area contributed by atoms with E-state index < -0.39 is 25.1 Å². The van der Waals surface area contributed by atoms with Crippen molar-refractivity contribution in [3.63, 3.8) is 0 Å². The minimum absolute atomic E-state index is 0.113. The maximum Gasteiger partial charge on any atom is 0.303 e. The van der Waals surface area contributed by atoms with E-state index in [9.17, 15) is 4.79 Å². The van der Waals surface area contributed by atoms with Gasteiger partial charge >= 0.3 is 5.97 Å². The Morgan fingerprint density at radius 3 is 2.17 bits per heavy atom. The molecule has 0 spiro atoms. The molecule has 2 heteroatoms. The molecule has 0 radical (unpaired) electrons. The van der Waals surface area contributed by atoms with Crippen molar-refractivity contribution in [3.8, 4) is 0 Å². The lowest BCUT2D eigenvalue weighted by Gasteiger charge is -2.02. The Kier molecular flexibility index (Phi) is 8.30. The fourth-order valence-corrected chi connectivity index (χ4v) is 1.73. The predicted octanol–water partition coefficient (Wildman–Crippen LogP) is 5.55. The Hall–Kier alpha value is -0.530. The zero-order valence-electron chi connectivity index (χ0n) is 16.7. The molecule has 0 heterocycles. The molecule has 0 aromatic carbocycles. The van der Waals surface area contributed by atoms with Gasteiger partial charge in [0.25, 0.3) is 0 Å². The summed E-state index contributed by atoms with van der Waals surface area (Å²) in [6.45, 7) is 2.04. The number of hydrogen-bond acceptors (Lipinski definition) is 1. The molecule has 0 aliphatic rings. The van der Waals surface area contributed by atoms with E-state index in [2.05, 4.69) is 0 Å². The number of carbonyl (C=O) groups is 1. The summed E-state index contributed by atoms with van der Waals surface area (Å²) in [5.41, 5.74) is 0. The number of unbranched alkanes of at least 4 members (excludes halogenated alkanes) is 6. The molecule has 0 aliphatic carbocycles. The van der Waals surface area contributed by atoms with Crippen LogP contribution in [0.15, 0.2) is 0 Å². The topological polar surface area (TPSA) is 37.3 Å². The molecule has 0 fully saturated rings. The molecule has 0 bridgehead atoms. The van der Waals surface area contributed by atoms with Crippen LogP contribution < -0.4 is 0 Å². The van der Waals surface area contributed by atoms with Crippen molar-refractivity contribution in [3.05, 3.63) is 0 Å². The predicted molar refractivity (Wildman–Crippen MR) is 77.9 cm³/mol. The largest absolute Gasteiger partial charge is 0.481 e. The van der Waals surface area contributed by atoms with Crippen LogP contribution in [-0.2, 0) is 4.79 Å². The summed E-state index contributed by atoms with van der Waals surface area (Å²) in [5.74, 6) is -0.793. The van der Waals surface area contributed by atoms with E-state index in [0.29, 0.717) is 19.3 Å². The number of rotatable bonds is 14. The third kappa shape index (κ3) is 15.5. The Morgan fingerprint density at radius 2 is 1.50 bits per heavy atom. The molecule has 18 heavy (non-hydrogen) atoms. The highest BCUT2D eigenvalue weighted by Gasteiger charge is 1.96. The first-order chi connectivity index (χ1) is 10.6. The van der Waals surface area contributed by atoms with Crippen molar-refractivity contribution in [2.45, 2.75) is 96.7 Å². The summed E-state index contributed by atoms with van der Waals surface area (Å²) < 4.78 is 40.0. The molecule has 1 atom stereocenters. The van der Waals surface area contributed by atoms with Crippen LogP contribution in [0.3, 0.4) is 0 Å². The molecule has 0 aromatic heterocycles. The van der Waals surface area contributed by atoms with Gasteiger partial charge in [0, 0.05) is 13.3 Å². The van der Waals surface area contributed by atoms with Crippen molar-refractivity contribution in [2.24, 2.45) is 0 Å². The quantitative estimate of drug-likeness (QED) is 0.416. The van der Waals surface area contributed by atoms with Gasteiger partial charge in [0.05, 0.1) is 0 Å². The summed E-state index contributed by atoms with van der Waals surface area (Å²) in [4.78, 5) is 10.4. The van der Waals surface area contributed by atoms with Gasteiger partial charge in [-0.05, 0) is 6.42 Å². The summed E-state index contributed by atoms with van der Waals surface area (Å²) in [6, 6.07) is 0. The van der Waals surface area contributed by atoms with E-state index >= 15 is 0 Å². The Balaban J connectivity index is 4.10. The molecule has 1 N–H and O–H groups in total. The smallest absolute Gasteiger partial charge is 0.303 e.